The van der Waals surface area contributed by atoms with Crippen LogP contribution in [0.15, 0.2) is 35.9 Å². The van der Waals surface area contributed by atoms with Crippen molar-refractivity contribution in [1.82, 2.24) is 5.32 Å². The molecule has 9 heteroatoms. The van der Waals surface area contributed by atoms with Crippen molar-refractivity contribution < 1.29 is 33.3 Å². The maximum absolute atomic E-state index is 12.7. The second-order valence-electron chi connectivity index (χ2n) is 12.0. The number of alkyl carbamates (subject to hydrolysis) is 1. The van der Waals surface area contributed by atoms with Crippen LogP contribution in [0.1, 0.15) is 78.2 Å². The average Bonchev–Trinajstić information content (AvgIpc) is 3.86. The summed E-state index contributed by atoms with van der Waals surface area (Å²) in [5.41, 5.74) is 2.37. The number of anilines is 1. The number of nitrogens with one attached hydrogen (secondary N) is 2. The summed E-state index contributed by atoms with van der Waals surface area (Å²) in [7, 11) is 1.67. The molecule has 1 aliphatic carbocycles. The number of amides is 2. The molecule has 9 nitrogen and oxygen atoms in total. The molecule has 0 radical (unpaired) electrons. The van der Waals surface area contributed by atoms with Crippen LogP contribution in [-0.2, 0) is 35.0 Å². The molecule has 6 atom stereocenters. The maximum Gasteiger partial charge on any atom is 0.407 e. The van der Waals surface area contributed by atoms with Crippen molar-refractivity contribution >= 4 is 23.5 Å². The van der Waals surface area contributed by atoms with Gasteiger partial charge in [-0.15, -0.1) is 0 Å². The van der Waals surface area contributed by atoms with Crippen molar-refractivity contribution in [2.24, 2.45) is 5.92 Å². The second kappa shape index (κ2) is 13.5. The van der Waals surface area contributed by atoms with Crippen molar-refractivity contribution in [1.29, 1.82) is 0 Å². The Morgan fingerprint density at radius 2 is 1.88 bits per heavy atom. The quantitative estimate of drug-likeness (QED) is 0.235. The van der Waals surface area contributed by atoms with Crippen LogP contribution in [0.3, 0.4) is 0 Å². The highest BCUT2D eigenvalue weighted by Crippen LogP contribution is 2.59. The van der Waals surface area contributed by atoms with Gasteiger partial charge in [0.1, 0.15) is 29.2 Å². The van der Waals surface area contributed by atoms with Crippen LogP contribution in [0.25, 0.3) is 0 Å². The van der Waals surface area contributed by atoms with Crippen LogP contribution in [0.5, 0.6) is 0 Å². The predicted molar refractivity (Wildman–Crippen MR) is 156 cm³/mol. The number of allylic oxidation sites excluding steroid dienone is 1. The molecule has 0 bridgehead atoms. The van der Waals surface area contributed by atoms with Crippen LogP contribution in [0.2, 0.25) is 0 Å². The number of carbonyl (C=O) groups is 3. The summed E-state index contributed by atoms with van der Waals surface area (Å²) in [6, 6.07) is 7.53. The zero-order chi connectivity index (χ0) is 29.6. The average molecular weight is 571 g/mol. The Bertz CT molecular complexity index is 1110. The lowest BCUT2D eigenvalue weighted by Crippen LogP contribution is -2.56. The third-order valence-electron chi connectivity index (χ3n) is 8.67. The predicted octanol–water partition coefficient (Wildman–Crippen LogP) is 5.12. The molecule has 226 valence electrons. The summed E-state index contributed by atoms with van der Waals surface area (Å²) in [6.07, 6.45) is 5.93. The zero-order valence-electron chi connectivity index (χ0n) is 25.1. The third-order valence-corrected chi connectivity index (χ3v) is 8.67. The normalized spacial score (nSPS) is 29.9. The Hall–Kier alpha value is -2.75. The van der Waals surface area contributed by atoms with Gasteiger partial charge in [-0.3, -0.25) is 9.59 Å². The first-order valence-corrected chi connectivity index (χ1v) is 14.9. The van der Waals surface area contributed by atoms with Crippen LogP contribution in [-0.4, -0.2) is 67.6 Å². The van der Waals surface area contributed by atoms with Gasteiger partial charge in [-0.05, 0) is 70.6 Å². The fourth-order valence-electron chi connectivity index (χ4n) is 6.16. The largest absolute Gasteiger partial charge is 0.443 e. The number of carbonyl (C=O) groups excluding carboxylic acids is 3. The monoisotopic (exact) mass is 570 g/mol. The highest BCUT2D eigenvalue weighted by molar-refractivity contribution is 5.91. The van der Waals surface area contributed by atoms with Gasteiger partial charge in [0, 0.05) is 38.6 Å². The molecular formula is C32H46N2O7. The summed E-state index contributed by atoms with van der Waals surface area (Å²) >= 11 is 0. The molecule has 41 heavy (non-hydrogen) atoms. The summed E-state index contributed by atoms with van der Waals surface area (Å²) < 4.78 is 24.1. The number of Topliss-reactive ketones (excluding diaryl/α,β-unsaturated/α-hetero) is 1. The maximum atomic E-state index is 12.7. The number of hydrogen-bond donors (Lipinski definition) is 2. The zero-order valence-corrected chi connectivity index (χ0v) is 25.1. The van der Waals surface area contributed by atoms with E-state index in [9.17, 15) is 14.4 Å². The fraction of sp³-hybridized carbons (Fsp3) is 0.656. The van der Waals surface area contributed by atoms with Crippen molar-refractivity contribution in [2.45, 2.75) is 109 Å². The lowest BCUT2D eigenvalue weighted by molar-refractivity contribution is -0.119. The standard InChI is InChI=1S/C32H46N2O7/c1-6-24(35)8-7-9-27(36)34-23-13-11-22(12-14-23)17-19-33-30(37)40-25-16-18-32(20-39-32)29(28(25)38-5)31(4)26(41-31)15-10-21(2)3/h10-14,25-26,28-29H,6-9,15-20H2,1-5H3,(H,33,37)(H,34,36)/t25-,26-,28-,29-,31?,32+/m1/s1. The molecule has 1 aromatic rings. The number of epoxide rings is 2. The number of benzene rings is 1. The number of methoxy groups -OCH3 is 1. The lowest BCUT2D eigenvalue weighted by Gasteiger charge is -2.42. The minimum Gasteiger partial charge on any atom is -0.443 e. The number of rotatable bonds is 14. The van der Waals surface area contributed by atoms with Crippen LogP contribution < -0.4 is 10.6 Å². The van der Waals surface area contributed by atoms with Gasteiger partial charge < -0.3 is 29.6 Å². The van der Waals surface area contributed by atoms with Gasteiger partial charge in [0.15, 0.2) is 0 Å². The van der Waals surface area contributed by atoms with E-state index in [2.05, 4.69) is 37.5 Å². The molecule has 1 aromatic carbocycles. The van der Waals surface area contributed by atoms with E-state index in [1.54, 1.807) is 7.11 Å². The Labute approximate surface area is 243 Å². The van der Waals surface area contributed by atoms with E-state index in [4.69, 9.17) is 18.9 Å². The molecule has 4 rings (SSSR count). The Balaban J connectivity index is 1.22. The second-order valence-corrected chi connectivity index (χ2v) is 12.0. The Morgan fingerprint density at radius 1 is 1.15 bits per heavy atom. The molecule has 2 aliphatic heterocycles. The van der Waals surface area contributed by atoms with Gasteiger partial charge in [-0.25, -0.2) is 4.79 Å². The first-order chi connectivity index (χ1) is 19.6. The molecule has 2 saturated heterocycles. The van der Waals surface area contributed by atoms with E-state index >= 15 is 0 Å². The fourth-order valence-corrected chi connectivity index (χ4v) is 6.16. The minimum atomic E-state index is -0.461. The number of hydrogen-bond acceptors (Lipinski definition) is 7. The summed E-state index contributed by atoms with van der Waals surface area (Å²) in [5.74, 6) is 0.0589. The summed E-state index contributed by atoms with van der Waals surface area (Å²) in [4.78, 5) is 36.2. The van der Waals surface area contributed by atoms with E-state index in [0.29, 0.717) is 57.4 Å². The van der Waals surface area contributed by atoms with Gasteiger partial charge in [-0.2, -0.15) is 0 Å². The van der Waals surface area contributed by atoms with Crippen LogP contribution in [0.4, 0.5) is 10.5 Å². The van der Waals surface area contributed by atoms with Gasteiger partial charge in [0.05, 0.1) is 18.6 Å². The topological polar surface area (TPSA) is 119 Å². The van der Waals surface area contributed by atoms with Gasteiger partial charge in [0.25, 0.3) is 0 Å². The number of ketones is 1. The summed E-state index contributed by atoms with van der Waals surface area (Å²) in [5, 5.41) is 5.73. The molecule has 1 saturated carbocycles. The van der Waals surface area contributed by atoms with Crippen LogP contribution >= 0.6 is 0 Å². The molecule has 2 amide bonds. The highest BCUT2D eigenvalue weighted by Gasteiger charge is 2.72. The molecule has 2 heterocycles. The molecule has 1 unspecified atom stereocenters. The van der Waals surface area contributed by atoms with Gasteiger partial charge in [-0.1, -0.05) is 30.7 Å². The van der Waals surface area contributed by atoms with Crippen molar-refractivity contribution in [3.63, 3.8) is 0 Å². The van der Waals surface area contributed by atoms with Gasteiger partial charge in [0.2, 0.25) is 5.91 Å². The minimum absolute atomic E-state index is 0.0139. The molecule has 2 N–H and O–H groups in total. The van der Waals surface area contributed by atoms with Crippen molar-refractivity contribution in [3.8, 4) is 0 Å². The Kier molecular flexibility index (Phi) is 10.3. The Morgan fingerprint density at radius 3 is 2.51 bits per heavy atom. The lowest BCUT2D eigenvalue weighted by atomic mass is 9.68. The van der Waals surface area contributed by atoms with E-state index < -0.39 is 6.09 Å². The summed E-state index contributed by atoms with van der Waals surface area (Å²) in [6.45, 7) is 9.24. The molecule has 3 aliphatic rings. The van der Waals surface area contributed by atoms with E-state index in [0.717, 1.165) is 18.4 Å². The van der Waals surface area contributed by atoms with Crippen molar-refractivity contribution in [3.05, 3.63) is 41.5 Å². The van der Waals surface area contributed by atoms with E-state index in [-0.39, 0.29) is 47.1 Å². The molecule has 1 spiro atoms. The smallest absolute Gasteiger partial charge is 0.407 e. The number of ether oxygens (including phenoxy) is 4. The molecular weight excluding hydrogens is 524 g/mol. The first-order valence-electron chi connectivity index (χ1n) is 14.9. The van der Waals surface area contributed by atoms with Crippen LogP contribution in [0, 0.1) is 5.92 Å². The van der Waals surface area contributed by atoms with Gasteiger partial charge >= 0.3 is 6.09 Å². The molecule has 0 aromatic heterocycles. The SMILES string of the molecule is CCC(=O)CCCC(=O)Nc1ccc(CCNC(=O)O[C@@H]2CC[C@]3(CO3)[C@@H](C3(C)O[C@@H]3CC=C(C)C)[C@@H]2OC)cc1. The van der Waals surface area contributed by atoms with E-state index in [1.807, 2.05) is 31.2 Å². The van der Waals surface area contributed by atoms with Crippen molar-refractivity contribution in [2.75, 3.05) is 25.6 Å². The highest BCUT2D eigenvalue weighted by atomic mass is 16.6. The first kappa shape index (κ1) is 31.2. The van der Waals surface area contributed by atoms with E-state index in [1.165, 1.54) is 5.57 Å². The third kappa shape index (κ3) is 7.96. The molecule has 3 fully saturated rings.